The van der Waals surface area contributed by atoms with Crippen molar-refractivity contribution in [2.45, 2.75) is 71.4 Å². The minimum atomic E-state index is -0.568. The number of ether oxygens (including phenoxy) is 1. The molecular formula is C16H34N2O3. The van der Waals surface area contributed by atoms with Gasteiger partial charge in [-0.1, -0.05) is 39.0 Å². The van der Waals surface area contributed by atoms with E-state index in [4.69, 9.17) is 4.74 Å². The second-order valence-corrected chi connectivity index (χ2v) is 5.52. The number of aliphatic hydroxyl groups excluding tert-OH is 1. The summed E-state index contributed by atoms with van der Waals surface area (Å²) in [4.78, 5) is 11.5. The fraction of sp³-hybridized carbons (Fsp3) is 0.938. The lowest BCUT2D eigenvalue weighted by atomic mass is 10.1. The molecule has 0 aromatic heterocycles. The zero-order valence-corrected chi connectivity index (χ0v) is 14.0. The van der Waals surface area contributed by atoms with Crippen molar-refractivity contribution in [2.24, 2.45) is 0 Å². The van der Waals surface area contributed by atoms with Crippen LogP contribution in [-0.2, 0) is 9.53 Å². The molecule has 0 aliphatic carbocycles. The van der Waals surface area contributed by atoms with Crippen molar-refractivity contribution >= 4 is 5.91 Å². The van der Waals surface area contributed by atoms with Crippen LogP contribution in [0.2, 0.25) is 0 Å². The van der Waals surface area contributed by atoms with E-state index in [1.54, 1.807) is 6.92 Å². The van der Waals surface area contributed by atoms with E-state index in [-0.39, 0.29) is 11.9 Å². The van der Waals surface area contributed by atoms with E-state index >= 15 is 0 Å². The minimum absolute atomic E-state index is 0.0438. The lowest BCUT2D eigenvalue weighted by Gasteiger charge is -2.16. The van der Waals surface area contributed by atoms with Crippen LogP contribution in [0.4, 0.5) is 0 Å². The highest BCUT2D eigenvalue weighted by molar-refractivity contribution is 5.81. The molecule has 0 heterocycles. The van der Waals surface area contributed by atoms with Gasteiger partial charge in [-0.15, -0.1) is 0 Å². The predicted octanol–water partition coefficient (Wildman–Crippen LogP) is 1.84. The number of carbonyl (C=O) groups excluding carboxylic acids is 1. The SMILES string of the molecule is CCCCCCCCOCC(O)CNC(C)C(=O)NCC. The van der Waals surface area contributed by atoms with Crippen molar-refractivity contribution in [1.82, 2.24) is 10.6 Å². The maximum Gasteiger partial charge on any atom is 0.236 e. The highest BCUT2D eigenvalue weighted by atomic mass is 16.5. The molecule has 126 valence electrons. The normalized spacial score (nSPS) is 13.9. The first-order valence-corrected chi connectivity index (χ1v) is 8.38. The largest absolute Gasteiger partial charge is 0.389 e. The Morgan fingerprint density at radius 1 is 1.14 bits per heavy atom. The van der Waals surface area contributed by atoms with E-state index in [0.29, 0.717) is 26.3 Å². The molecule has 3 N–H and O–H groups in total. The van der Waals surface area contributed by atoms with Crippen molar-refractivity contribution in [3.63, 3.8) is 0 Å². The van der Waals surface area contributed by atoms with Crippen LogP contribution < -0.4 is 10.6 Å². The number of nitrogens with one attached hydrogen (secondary N) is 2. The molecule has 5 heteroatoms. The molecule has 2 unspecified atom stereocenters. The minimum Gasteiger partial charge on any atom is -0.389 e. The molecule has 1 amide bonds. The Balaban J connectivity index is 3.41. The van der Waals surface area contributed by atoms with Gasteiger partial charge in [0.1, 0.15) is 0 Å². The number of hydrogen-bond acceptors (Lipinski definition) is 4. The average Bonchev–Trinajstić information content (AvgIpc) is 2.47. The first-order chi connectivity index (χ1) is 10.1. The fourth-order valence-electron chi connectivity index (χ4n) is 2.00. The van der Waals surface area contributed by atoms with Crippen molar-refractivity contribution in [1.29, 1.82) is 0 Å². The average molecular weight is 302 g/mol. The van der Waals surface area contributed by atoms with Crippen LogP contribution >= 0.6 is 0 Å². The smallest absolute Gasteiger partial charge is 0.236 e. The summed E-state index contributed by atoms with van der Waals surface area (Å²) in [7, 11) is 0. The highest BCUT2D eigenvalue weighted by Gasteiger charge is 2.13. The van der Waals surface area contributed by atoms with Crippen molar-refractivity contribution in [2.75, 3.05) is 26.3 Å². The third kappa shape index (κ3) is 12.8. The number of aliphatic hydroxyl groups is 1. The van der Waals surface area contributed by atoms with Gasteiger partial charge in [-0.3, -0.25) is 4.79 Å². The molecule has 2 atom stereocenters. The standard InChI is InChI=1S/C16H34N2O3/c1-4-6-7-8-9-10-11-21-13-15(19)12-18-14(3)16(20)17-5-2/h14-15,18-19H,4-13H2,1-3H3,(H,17,20). The second-order valence-electron chi connectivity index (χ2n) is 5.52. The second kappa shape index (κ2) is 14.3. The Kier molecular flexibility index (Phi) is 13.9. The van der Waals surface area contributed by atoms with Crippen LogP contribution in [0.25, 0.3) is 0 Å². The molecule has 0 saturated heterocycles. The summed E-state index contributed by atoms with van der Waals surface area (Å²) in [6.45, 7) is 7.90. The lowest BCUT2D eigenvalue weighted by Crippen LogP contribution is -2.45. The van der Waals surface area contributed by atoms with E-state index in [1.165, 1.54) is 32.1 Å². The Morgan fingerprint density at radius 2 is 1.81 bits per heavy atom. The van der Waals surface area contributed by atoms with Gasteiger partial charge in [0.25, 0.3) is 0 Å². The van der Waals surface area contributed by atoms with Crippen molar-refractivity contribution < 1.29 is 14.6 Å². The van der Waals surface area contributed by atoms with E-state index in [9.17, 15) is 9.90 Å². The number of hydrogen-bond donors (Lipinski definition) is 3. The van der Waals surface area contributed by atoms with Crippen LogP contribution in [0, 0.1) is 0 Å². The monoisotopic (exact) mass is 302 g/mol. The van der Waals surface area contributed by atoms with Gasteiger partial charge in [0.15, 0.2) is 0 Å². The zero-order valence-electron chi connectivity index (χ0n) is 14.0. The van der Waals surface area contributed by atoms with E-state index in [0.717, 1.165) is 6.42 Å². The van der Waals surface area contributed by atoms with Gasteiger partial charge in [-0.05, 0) is 20.3 Å². The van der Waals surface area contributed by atoms with Gasteiger partial charge in [-0.2, -0.15) is 0 Å². The summed E-state index contributed by atoms with van der Waals surface area (Å²) < 4.78 is 5.45. The van der Waals surface area contributed by atoms with Gasteiger partial charge in [0.2, 0.25) is 5.91 Å². The quantitative estimate of drug-likeness (QED) is 0.428. The number of carbonyl (C=O) groups is 1. The third-order valence-corrected chi connectivity index (χ3v) is 3.36. The first-order valence-electron chi connectivity index (χ1n) is 8.38. The van der Waals surface area contributed by atoms with Gasteiger partial charge in [0, 0.05) is 19.7 Å². The van der Waals surface area contributed by atoms with E-state index < -0.39 is 6.10 Å². The van der Waals surface area contributed by atoms with Crippen molar-refractivity contribution in [3.05, 3.63) is 0 Å². The van der Waals surface area contributed by atoms with Crippen molar-refractivity contribution in [3.8, 4) is 0 Å². The fourth-order valence-corrected chi connectivity index (χ4v) is 2.00. The summed E-state index contributed by atoms with van der Waals surface area (Å²) in [5, 5.41) is 15.5. The summed E-state index contributed by atoms with van der Waals surface area (Å²) >= 11 is 0. The van der Waals surface area contributed by atoms with E-state index in [2.05, 4.69) is 17.6 Å². The molecule has 21 heavy (non-hydrogen) atoms. The Labute approximate surface area is 129 Å². The topological polar surface area (TPSA) is 70.6 Å². The maximum atomic E-state index is 11.5. The van der Waals surface area contributed by atoms with Crippen LogP contribution in [0.15, 0.2) is 0 Å². The molecule has 0 fully saturated rings. The maximum absolute atomic E-state index is 11.5. The Morgan fingerprint density at radius 3 is 2.48 bits per heavy atom. The number of unbranched alkanes of at least 4 members (excludes halogenated alkanes) is 5. The zero-order chi connectivity index (χ0) is 15.9. The number of amides is 1. The molecule has 0 aromatic rings. The molecule has 0 spiro atoms. The van der Waals surface area contributed by atoms with Crippen LogP contribution in [0.5, 0.6) is 0 Å². The summed E-state index contributed by atoms with van der Waals surface area (Å²) in [5.41, 5.74) is 0. The number of likely N-dealkylation sites (N-methyl/N-ethyl adjacent to an activating group) is 1. The summed E-state index contributed by atoms with van der Waals surface area (Å²) in [5.74, 6) is -0.0438. The number of rotatable bonds is 14. The molecular weight excluding hydrogens is 268 g/mol. The van der Waals surface area contributed by atoms with E-state index in [1.807, 2.05) is 6.92 Å². The van der Waals surface area contributed by atoms with Crippen LogP contribution in [0.3, 0.4) is 0 Å². The Hall–Kier alpha value is -0.650. The molecule has 0 aliphatic heterocycles. The van der Waals surface area contributed by atoms with Crippen LogP contribution in [0.1, 0.15) is 59.3 Å². The third-order valence-electron chi connectivity index (χ3n) is 3.36. The molecule has 0 bridgehead atoms. The molecule has 0 radical (unpaired) electrons. The molecule has 0 saturated carbocycles. The van der Waals surface area contributed by atoms with Gasteiger partial charge >= 0.3 is 0 Å². The predicted molar refractivity (Wildman–Crippen MR) is 86.4 cm³/mol. The summed E-state index contributed by atoms with van der Waals surface area (Å²) in [6, 6.07) is -0.293. The van der Waals surface area contributed by atoms with Gasteiger partial charge < -0.3 is 20.5 Å². The molecule has 0 aromatic carbocycles. The Bertz CT molecular complexity index is 250. The first kappa shape index (κ1) is 20.3. The molecule has 0 rings (SSSR count). The lowest BCUT2D eigenvalue weighted by molar-refractivity contribution is -0.122. The van der Waals surface area contributed by atoms with Crippen LogP contribution in [-0.4, -0.2) is 49.5 Å². The van der Waals surface area contributed by atoms with Gasteiger partial charge in [0.05, 0.1) is 18.8 Å². The summed E-state index contributed by atoms with van der Waals surface area (Å²) in [6.07, 6.45) is 6.84. The van der Waals surface area contributed by atoms with Gasteiger partial charge in [-0.25, -0.2) is 0 Å². The molecule has 5 nitrogen and oxygen atoms in total. The molecule has 0 aliphatic rings. The highest BCUT2D eigenvalue weighted by Crippen LogP contribution is 2.04.